The van der Waals surface area contributed by atoms with Crippen LogP contribution in [0.25, 0.3) is 0 Å². The Kier molecular flexibility index (Phi) is 12.3. The van der Waals surface area contributed by atoms with Gasteiger partial charge in [0.25, 0.3) is 10.1 Å². The number of allylic oxidation sites excluding steroid dienone is 5. The van der Waals surface area contributed by atoms with Gasteiger partial charge in [0.15, 0.2) is 4.99 Å². The van der Waals surface area contributed by atoms with Gasteiger partial charge in [0.1, 0.15) is 0 Å². The molecule has 0 spiro atoms. The first-order chi connectivity index (χ1) is 12.3. The Bertz CT molecular complexity index is 682. The van der Waals surface area contributed by atoms with E-state index in [9.17, 15) is 13.0 Å². The minimum absolute atomic E-state index is 0.178. The summed E-state index contributed by atoms with van der Waals surface area (Å²) in [7, 11) is -9.77. The molecule has 0 aromatic carbocycles. The molecule has 0 aromatic rings. The van der Waals surface area contributed by atoms with Gasteiger partial charge in [-0.25, -0.2) is 0 Å². The third kappa shape index (κ3) is 14.0. The van der Waals surface area contributed by atoms with Gasteiger partial charge in [-0.1, -0.05) is 34.9 Å². The van der Waals surface area contributed by atoms with Gasteiger partial charge in [-0.2, -0.15) is 8.42 Å². The first-order valence-corrected chi connectivity index (χ1v) is 12.1. The van der Waals surface area contributed by atoms with Gasteiger partial charge in [0, 0.05) is 13.0 Å². The zero-order valence-electron chi connectivity index (χ0n) is 16.6. The molecule has 0 aliphatic carbocycles. The number of hydrogen-bond donors (Lipinski definition) is 3. The monoisotopic (exact) mass is 424 g/mol. The van der Waals surface area contributed by atoms with Gasteiger partial charge >= 0.3 is 7.60 Å². The Labute approximate surface area is 163 Å². The maximum absolute atomic E-state index is 11.1. The van der Waals surface area contributed by atoms with E-state index in [-0.39, 0.29) is 13.2 Å². The molecule has 0 amide bonds. The molecule has 0 aromatic heterocycles. The van der Waals surface area contributed by atoms with E-state index in [1.807, 2.05) is 13.0 Å². The van der Waals surface area contributed by atoms with Crippen LogP contribution >= 0.6 is 7.60 Å². The highest BCUT2D eigenvalue weighted by molar-refractivity contribution is 7.93. The predicted molar refractivity (Wildman–Crippen MR) is 108 cm³/mol. The molecule has 0 aliphatic heterocycles. The highest BCUT2D eigenvalue weighted by Gasteiger charge is 2.39. The average molecular weight is 424 g/mol. The quantitative estimate of drug-likeness (QED) is 0.175. The van der Waals surface area contributed by atoms with E-state index < -0.39 is 29.1 Å². The standard InChI is InChI=1S/C18H33O7PS/c1-15(2)7-5-8-16(3)9-6-10-17(4)11-13-25-14-12-18(26(19,20)21)27(22,23)24/h7,9,11,18H,5-6,8,10,12-14H2,1-4H3,(H2,19,20,21)(H,22,23,24). The number of ether oxygens (including phenoxy) is 1. The van der Waals surface area contributed by atoms with Crippen LogP contribution in [0.4, 0.5) is 0 Å². The molecular weight excluding hydrogens is 391 g/mol. The largest absolute Gasteiger partial charge is 0.377 e. The molecular formula is C18H33O7PS. The second kappa shape index (κ2) is 12.6. The molecule has 0 aliphatic rings. The number of hydrogen-bond acceptors (Lipinski definition) is 4. The fourth-order valence-electron chi connectivity index (χ4n) is 2.30. The minimum atomic E-state index is -4.95. The maximum atomic E-state index is 11.1. The second-order valence-electron chi connectivity index (χ2n) is 6.88. The van der Waals surface area contributed by atoms with E-state index >= 15 is 0 Å². The SMILES string of the molecule is CC(C)=CCCC(C)=CCCC(C)=CCOCCC(P(=O)(O)O)S(=O)(=O)O. The average Bonchev–Trinajstić information content (AvgIpc) is 2.47. The molecule has 3 N–H and O–H groups in total. The molecule has 9 heteroatoms. The maximum Gasteiger partial charge on any atom is 0.346 e. The molecule has 0 saturated carbocycles. The lowest BCUT2D eigenvalue weighted by Crippen LogP contribution is -2.22. The van der Waals surface area contributed by atoms with Crippen molar-refractivity contribution in [2.24, 2.45) is 0 Å². The Morgan fingerprint density at radius 1 is 1.00 bits per heavy atom. The number of rotatable bonds is 13. The van der Waals surface area contributed by atoms with Crippen LogP contribution in [-0.2, 0) is 19.4 Å². The first kappa shape index (κ1) is 26.2. The van der Waals surface area contributed by atoms with Gasteiger partial charge in [-0.05, 0) is 53.4 Å². The summed E-state index contributed by atoms with van der Waals surface area (Å²) < 4.78 is 47.2. The third-order valence-corrected chi connectivity index (χ3v) is 7.46. The highest BCUT2D eigenvalue weighted by atomic mass is 32.2. The van der Waals surface area contributed by atoms with Gasteiger partial charge in [-0.15, -0.1) is 0 Å². The Balaban J connectivity index is 4.19. The van der Waals surface area contributed by atoms with E-state index in [1.165, 1.54) is 11.1 Å². The highest BCUT2D eigenvalue weighted by Crippen LogP contribution is 2.45. The molecule has 1 atom stereocenters. The molecule has 1 unspecified atom stereocenters. The molecule has 27 heavy (non-hydrogen) atoms. The van der Waals surface area contributed by atoms with Crippen LogP contribution in [-0.4, -0.2) is 41.0 Å². The molecule has 0 saturated heterocycles. The normalized spacial score (nSPS) is 14.9. The van der Waals surface area contributed by atoms with E-state index in [0.717, 1.165) is 31.3 Å². The van der Waals surface area contributed by atoms with Crippen molar-refractivity contribution in [2.45, 2.75) is 64.8 Å². The Morgan fingerprint density at radius 2 is 1.52 bits per heavy atom. The van der Waals surface area contributed by atoms with E-state index in [2.05, 4.69) is 32.9 Å². The van der Waals surface area contributed by atoms with Crippen molar-refractivity contribution in [3.05, 3.63) is 34.9 Å². The van der Waals surface area contributed by atoms with Crippen LogP contribution in [0.5, 0.6) is 0 Å². The molecule has 0 radical (unpaired) electrons. The fourth-order valence-corrected chi connectivity index (χ4v) is 4.52. The Morgan fingerprint density at radius 3 is 2.00 bits per heavy atom. The second-order valence-corrected chi connectivity index (χ2v) is 10.6. The molecule has 0 heterocycles. The smallest absolute Gasteiger partial charge is 0.346 e. The van der Waals surface area contributed by atoms with Crippen LogP contribution in [0, 0.1) is 0 Å². The predicted octanol–water partition coefficient (Wildman–Crippen LogP) is 4.20. The van der Waals surface area contributed by atoms with E-state index in [4.69, 9.17) is 19.1 Å². The summed E-state index contributed by atoms with van der Waals surface area (Å²) in [5, 5.41) is 0. The summed E-state index contributed by atoms with van der Waals surface area (Å²) in [5.41, 5.74) is 3.79. The minimum Gasteiger partial charge on any atom is -0.377 e. The van der Waals surface area contributed by atoms with Crippen molar-refractivity contribution >= 4 is 17.7 Å². The molecule has 0 rings (SSSR count). The van der Waals surface area contributed by atoms with Crippen LogP contribution < -0.4 is 0 Å². The van der Waals surface area contributed by atoms with Crippen LogP contribution in [0.2, 0.25) is 0 Å². The summed E-state index contributed by atoms with van der Waals surface area (Å²) in [5.74, 6) is 0. The zero-order valence-corrected chi connectivity index (χ0v) is 18.3. The lowest BCUT2D eigenvalue weighted by molar-refractivity contribution is 0.159. The van der Waals surface area contributed by atoms with Crippen LogP contribution in [0.15, 0.2) is 34.9 Å². The summed E-state index contributed by atoms with van der Waals surface area (Å²) in [4.78, 5) is 15.8. The van der Waals surface area contributed by atoms with Crippen molar-refractivity contribution < 1.29 is 32.1 Å². The lowest BCUT2D eigenvalue weighted by Gasteiger charge is -2.14. The van der Waals surface area contributed by atoms with Gasteiger partial charge in [0.2, 0.25) is 0 Å². The summed E-state index contributed by atoms with van der Waals surface area (Å²) >= 11 is 0. The topological polar surface area (TPSA) is 121 Å². The van der Waals surface area contributed by atoms with Crippen LogP contribution in [0.3, 0.4) is 0 Å². The molecule has 158 valence electrons. The van der Waals surface area contributed by atoms with Gasteiger partial charge < -0.3 is 14.5 Å². The summed E-state index contributed by atoms with van der Waals surface area (Å²) in [6, 6.07) is 0. The third-order valence-electron chi connectivity index (χ3n) is 3.90. The van der Waals surface area contributed by atoms with Gasteiger partial charge in [-0.3, -0.25) is 9.12 Å². The molecule has 7 nitrogen and oxygen atoms in total. The molecule has 0 fully saturated rings. The summed E-state index contributed by atoms with van der Waals surface area (Å²) in [6.45, 7) is 8.30. The van der Waals surface area contributed by atoms with E-state index in [0.29, 0.717) is 0 Å². The van der Waals surface area contributed by atoms with Crippen molar-refractivity contribution in [1.82, 2.24) is 0 Å². The van der Waals surface area contributed by atoms with Crippen molar-refractivity contribution in [3.63, 3.8) is 0 Å². The van der Waals surface area contributed by atoms with Crippen molar-refractivity contribution in [1.29, 1.82) is 0 Å². The Hall–Kier alpha value is -0.760. The van der Waals surface area contributed by atoms with Gasteiger partial charge in [0.05, 0.1) is 6.61 Å². The molecule has 0 bridgehead atoms. The fraction of sp³-hybridized carbons (Fsp3) is 0.667. The lowest BCUT2D eigenvalue weighted by atomic mass is 10.1. The summed E-state index contributed by atoms with van der Waals surface area (Å²) in [6.07, 6.45) is 9.71. The zero-order chi connectivity index (χ0) is 21.1. The van der Waals surface area contributed by atoms with E-state index in [1.54, 1.807) is 0 Å². The van der Waals surface area contributed by atoms with Crippen molar-refractivity contribution in [3.8, 4) is 0 Å². The first-order valence-electron chi connectivity index (χ1n) is 8.88. The van der Waals surface area contributed by atoms with Crippen molar-refractivity contribution in [2.75, 3.05) is 13.2 Å². The van der Waals surface area contributed by atoms with Crippen LogP contribution in [0.1, 0.15) is 59.8 Å².